The highest BCUT2D eigenvalue weighted by Crippen LogP contribution is 2.25. The highest BCUT2D eigenvalue weighted by molar-refractivity contribution is 7.92. The molecule has 0 aliphatic carbocycles. The third-order valence-electron chi connectivity index (χ3n) is 2.44. The SMILES string of the molecule is N/C(=N/O)c1cn[nH]c1NS(=O)(=O)c1cc(F)ccc1Cl. The molecule has 0 saturated carbocycles. The van der Waals surface area contributed by atoms with Crippen molar-refractivity contribution in [2.24, 2.45) is 10.9 Å². The number of oxime groups is 1. The molecule has 5 N–H and O–H groups in total. The summed E-state index contributed by atoms with van der Waals surface area (Å²) < 4.78 is 39.6. The van der Waals surface area contributed by atoms with E-state index in [-0.39, 0.29) is 22.2 Å². The molecule has 11 heteroatoms. The number of rotatable bonds is 4. The van der Waals surface area contributed by atoms with Gasteiger partial charge in [-0.2, -0.15) is 5.10 Å². The van der Waals surface area contributed by atoms with Crippen LogP contribution in [0.5, 0.6) is 0 Å². The Kier molecular flexibility index (Phi) is 4.00. The van der Waals surface area contributed by atoms with E-state index in [4.69, 9.17) is 22.5 Å². The third-order valence-corrected chi connectivity index (χ3v) is 4.27. The van der Waals surface area contributed by atoms with Crippen molar-refractivity contribution < 1.29 is 18.0 Å². The largest absolute Gasteiger partial charge is 0.409 e. The minimum absolute atomic E-state index is 0.0219. The van der Waals surface area contributed by atoms with Gasteiger partial charge in [0.25, 0.3) is 10.0 Å². The van der Waals surface area contributed by atoms with Gasteiger partial charge >= 0.3 is 0 Å². The molecule has 0 fully saturated rings. The van der Waals surface area contributed by atoms with E-state index in [9.17, 15) is 12.8 Å². The lowest BCUT2D eigenvalue weighted by Gasteiger charge is -2.09. The summed E-state index contributed by atoms with van der Waals surface area (Å²) in [6.45, 7) is 0. The predicted octanol–water partition coefficient (Wildman–Crippen LogP) is 1.10. The lowest BCUT2D eigenvalue weighted by atomic mass is 10.3. The molecule has 0 saturated heterocycles. The van der Waals surface area contributed by atoms with Gasteiger partial charge in [-0.1, -0.05) is 16.8 Å². The van der Waals surface area contributed by atoms with Crippen LogP contribution in [-0.4, -0.2) is 29.7 Å². The molecule has 1 aromatic heterocycles. The Morgan fingerprint density at radius 2 is 2.24 bits per heavy atom. The number of halogens is 2. The molecule has 0 radical (unpaired) electrons. The van der Waals surface area contributed by atoms with Crippen LogP contribution in [0.4, 0.5) is 10.2 Å². The molecule has 2 rings (SSSR count). The van der Waals surface area contributed by atoms with Crippen molar-refractivity contribution >= 4 is 33.3 Å². The lowest BCUT2D eigenvalue weighted by Crippen LogP contribution is -2.19. The number of sulfonamides is 1. The quantitative estimate of drug-likeness (QED) is 0.288. The first kappa shape index (κ1) is 15.1. The van der Waals surface area contributed by atoms with Crippen LogP contribution in [0.1, 0.15) is 5.56 Å². The summed E-state index contributed by atoms with van der Waals surface area (Å²) in [6.07, 6.45) is 1.15. The van der Waals surface area contributed by atoms with Crippen LogP contribution in [0.15, 0.2) is 34.4 Å². The Labute approximate surface area is 123 Å². The summed E-state index contributed by atoms with van der Waals surface area (Å²) in [5.74, 6) is -1.27. The monoisotopic (exact) mass is 333 g/mol. The zero-order valence-electron chi connectivity index (χ0n) is 10.2. The summed E-state index contributed by atoms with van der Waals surface area (Å²) in [5.41, 5.74) is 5.39. The van der Waals surface area contributed by atoms with E-state index in [0.717, 1.165) is 24.4 Å². The second-order valence-electron chi connectivity index (χ2n) is 3.82. The van der Waals surface area contributed by atoms with E-state index in [0.29, 0.717) is 0 Å². The highest BCUT2D eigenvalue weighted by atomic mass is 35.5. The molecule has 21 heavy (non-hydrogen) atoms. The van der Waals surface area contributed by atoms with Gasteiger partial charge in [0.2, 0.25) is 0 Å². The van der Waals surface area contributed by atoms with Gasteiger partial charge in [-0.3, -0.25) is 9.82 Å². The first-order valence-electron chi connectivity index (χ1n) is 5.34. The van der Waals surface area contributed by atoms with Crippen LogP contribution in [0.25, 0.3) is 0 Å². The lowest BCUT2D eigenvalue weighted by molar-refractivity contribution is 0.318. The maximum Gasteiger partial charge on any atom is 0.264 e. The van der Waals surface area contributed by atoms with E-state index in [1.807, 2.05) is 0 Å². The number of hydrogen-bond acceptors (Lipinski definition) is 5. The maximum absolute atomic E-state index is 13.2. The Bertz CT molecular complexity index is 805. The van der Waals surface area contributed by atoms with Crippen molar-refractivity contribution in [2.75, 3.05) is 4.72 Å². The third kappa shape index (κ3) is 3.06. The molecule has 1 heterocycles. The summed E-state index contributed by atoms with van der Waals surface area (Å²) in [7, 11) is -4.19. The van der Waals surface area contributed by atoms with E-state index < -0.39 is 20.7 Å². The summed E-state index contributed by atoms with van der Waals surface area (Å²) in [4.78, 5) is -0.454. The Morgan fingerprint density at radius 1 is 1.52 bits per heavy atom. The van der Waals surface area contributed by atoms with Gasteiger partial charge in [-0.25, -0.2) is 12.8 Å². The Balaban J connectivity index is 2.43. The van der Waals surface area contributed by atoms with Gasteiger partial charge in [0.05, 0.1) is 16.8 Å². The van der Waals surface area contributed by atoms with Crippen molar-refractivity contribution in [3.05, 3.63) is 40.8 Å². The van der Waals surface area contributed by atoms with Crippen LogP contribution in [-0.2, 0) is 10.0 Å². The van der Waals surface area contributed by atoms with E-state index in [2.05, 4.69) is 20.1 Å². The minimum atomic E-state index is -4.19. The smallest absolute Gasteiger partial charge is 0.264 e. The molecule has 2 aromatic rings. The highest BCUT2D eigenvalue weighted by Gasteiger charge is 2.22. The summed E-state index contributed by atoms with van der Waals surface area (Å²) in [5, 5.41) is 17.1. The summed E-state index contributed by atoms with van der Waals surface area (Å²) in [6, 6.07) is 2.91. The number of aromatic nitrogens is 2. The fourth-order valence-corrected chi connectivity index (χ4v) is 3.03. The molecule has 0 spiro atoms. The van der Waals surface area contributed by atoms with Gasteiger partial charge in [0, 0.05) is 0 Å². The number of hydrogen-bond donors (Lipinski definition) is 4. The number of H-pyrrole nitrogens is 1. The average Bonchev–Trinajstić information content (AvgIpc) is 2.87. The predicted molar refractivity (Wildman–Crippen MR) is 73.3 cm³/mol. The topological polar surface area (TPSA) is 133 Å². The first-order chi connectivity index (χ1) is 9.85. The zero-order valence-corrected chi connectivity index (χ0v) is 11.8. The minimum Gasteiger partial charge on any atom is -0.409 e. The van der Waals surface area contributed by atoms with Crippen molar-refractivity contribution in [1.29, 1.82) is 0 Å². The number of amidine groups is 1. The standard InChI is InChI=1S/C10H9ClFN5O3S/c11-7-2-1-5(12)3-8(7)21(19,20)17-10-6(4-14-15-10)9(13)16-18/h1-4,18H,(H2,13,16)(H2,14,15,17). The molecule has 0 bridgehead atoms. The van der Waals surface area contributed by atoms with Gasteiger partial charge in [-0.15, -0.1) is 0 Å². The second-order valence-corrected chi connectivity index (χ2v) is 5.88. The number of nitrogens with two attached hydrogens (primary N) is 1. The van der Waals surface area contributed by atoms with E-state index >= 15 is 0 Å². The molecular formula is C10H9ClFN5O3S. The van der Waals surface area contributed by atoms with Crippen molar-refractivity contribution in [3.63, 3.8) is 0 Å². The molecule has 0 aliphatic rings. The molecule has 0 unspecified atom stereocenters. The summed E-state index contributed by atoms with van der Waals surface area (Å²) >= 11 is 5.75. The molecule has 112 valence electrons. The number of anilines is 1. The van der Waals surface area contributed by atoms with E-state index in [1.165, 1.54) is 0 Å². The molecule has 0 amide bonds. The molecule has 0 aliphatic heterocycles. The van der Waals surface area contributed by atoms with Gasteiger partial charge in [0.15, 0.2) is 5.84 Å². The van der Waals surface area contributed by atoms with E-state index in [1.54, 1.807) is 0 Å². The number of nitrogens with one attached hydrogen (secondary N) is 2. The van der Waals surface area contributed by atoms with Crippen LogP contribution in [0.2, 0.25) is 5.02 Å². The first-order valence-corrected chi connectivity index (χ1v) is 7.20. The maximum atomic E-state index is 13.2. The number of nitrogens with zero attached hydrogens (tertiary/aromatic N) is 2. The Hall–Kier alpha value is -2.33. The number of aromatic amines is 1. The average molecular weight is 334 g/mol. The van der Waals surface area contributed by atoms with Crippen molar-refractivity contribution in [3.8, 4) is 0 Å². The van der Waals surface area contributed by atoms with Crippen molar-refractivity contribution in [2.45, 2.75) is 4.90 Å². The molecule has 1 aromatic carbocycles. The van der Waals surface area contributed by atoms with Crippen LogP contribution < -0.4 is 10.5 Å². The molecular weight excluding hydrogens is 325 g/mol. The Morgan fingerprint density at radius 3 is 2.90 bits per heavy atom. The zero-order chi connectivity index (χ0) is 15.6. The number of benzene rings is 1. The fraction of sp³-hybridized carbons (Fsp3) is 0. The van der Waals surface area contributed by atoms with Gasteiger partial charge in [0.1, 0.15) is 16.5 Å². The van der Waals surface area contributed by atoms with Crippen LogP contribution >= 0.6 is 11.6 Å². The van der Waals surface area contributed by atoms with Gasteiger partial charge < -0.3 is 10.9 Å². The van der Waals surface area contributed by atoms with Crippen LogP contribution in [0, 0.1) is 5.82 Å². The molecule has 0 atom stereocenters. The van der Waals surface area contributed by atoms with Crippen LogP contribution in [0.3, 0.4) is 0 Å². The second kappa shape index (κ2) is 5.58. The normalized spacial score (nSPS) is 12.4. The van der Waals surface area contributed by atoms with Crippen molar-refractivity contribution in [1.82, 2.24) is 10.2 Å². The van der Waals surface area contributed by atoms with Gasteiger partial charge in [-0.05, 0) is 18.2 Å². The fourth-order valence-electron chi connectivity index (χ4n) is 1.48. The molecule has 8 nitrogen and oxygen atoms in total.